The SMILES string of the molecule is C[C@@H]1CC[C@@H](Oc2cc(F)c(C(=O)O)cc2C2CC2)CN1Cc1ccc(F)cc1Cl. The molecule has 0 unspecified atom stereocenters. The molecule has 1 aliphatic carbocycles. The lowest BCUT2D eigenvalue weighted by Crippen LogP contribution is -2.45. The van der Waals surface area contributed by atoms with Crippen LogP contribution in [0.15, 0.2) is 30.3 Å². The lowest BCUT2D eigenvalue weighted by atomic mass is 9.99. The van der Waals surface area contributed by atoms with Crippen molar-refractivity contribution in [3.63, 3.8) is 0 Å². The van der Waals surface area contributed by atoms with Crippen LogP contribution in [0.5, 0.6) is 5.75 Å². The molecule has 4 nitrogen and oxygen atoms in total. The van der Waals surface area contributed by atoms with Crippen molar-refractivity contribution in [3.8, 4) is 5.75 Å². The Morgan fingerprint density at radius 2 is 1.97 bits per heavy atom. The Morgan fingerprint density at radius 1 is 1.20 bits per heavy atom. The van der Waals surface area contributed by atoms with E-state index in [9.17, 15) is 18.7 Å². The molecule has 1 N–H and O–H groups in total. The summed E-state index contributed by atoms with van der Waals surface area (Å²) in [4.78, 5) is 13.5. The molecule has 160 valence electrons. The van der Waals surface area contributed by atoms with E-state index in [-0.39, 0.29) is 23.4 Å². The molecule has 30 heavy (non-hydrogen) atoms. The van der Waals surface area contributed by atoms with E-state index in [0.29, 0.717) is 29.9 Å². The van der Waals surface area contributed by atoms with Crippen LogP contribution in [0.2, 0.25) is 5.02 Å². The maximum absolute atomic E-state index is 14.3. The van der Waals surface area contributed by atoms with E-state index < -0.39 is 11.8 Å². The van der Waals surface area contributed by atoms with Crippen molar-refractivity contribution in [2.75, 3.05) is 6.54 Å². The summed E-state index contributed by atoms with van der Waals surface area (Å²) >= 11 is 6.20. The summed E-state index contributed by atoms with van der Waals surface area (Å²) in [6.45, 7) is 3.33. The van der Waals surface area contributed by atoms with E-state index in [4.69, 9.17) is 16.3 Å². The van der Waals surface area contributed by atoms with Crippen LogP contribution in [0.3, 0.4) is 0 Å². The number of carbonyl (C=O) groups is 1. The van der Waals surface area contributed by atoms with Gasteiger partial charge in [-0.3, -0.25) is 4.90 Å². The van der Waals surface area contributed by atoms with Gasteiger partial charge in [-0.2, -0.15) is 0 Å². The number of piperidine rings is 1. The average Bonchev–Trinajstić information content (AvgIpc) is 3.51. The van der Waals surface area contributed by atoms with Gasteiger partial charge in [-0.05, 0) is 67.9 Å². The number of halogens is 3. The maximum atomic E-state index is 14.3. The first-order chi connectivity index (χ1) is 14.3. The van der Waals surface area contributed by atoms with Gasteiger partial charge in [0.1, 0.15) is 23.5 Å². The number of nitrogens with zero attached hydrogens (tertiary/aromatic N) is 1. The minimum absolute atomic E-state index is 0.145. The molecule has 0 bridgehead atoms. The summed E-state index contributed by atoms with van der Waals surface area (Å²) in [5.74, 6) is -1.73. The second-order valence-electron chi connectivity index (χ2n) is 8.28. The molecule has 2 aromatic rings. The van der Waals surface area contributed by atoms with Crippen molar-refractivity contribution < 1.29 is 23.4 Å². The summed E-state index contributed by atoms with van der Waals surface area (Å²) in [5, 5.41) is 9.62. The van der Waals surface area contributed by atoms with Gasteiger partial charge in [-0.1, -0.05) is 17.7 Å². The summed E-state index contributed by atoms with van der Waals surface area (Å²) < 4.78 is 33.8. The molecular formula is C23H24ClF2NO3. The molecule has 1 saturated heterocycles. The molecule has 0 spiro atoms. The van der Waals surface area contributed by atoms with E-state index in [1.54, 1.807) is 6.07 Å². The molecule has 0 radical (unpaired) electrons. The Hall–Kier alpha value is -2.18. The molecule has 4 rings (SSSR count). The van der Waals surface area contributed by atoms with Crippen LogP contribution in [-0.4, -0.2) is 34.7 Å². The van der Waals surface area contributed by atoms with Gasteiger partial charge in [0, 0.05) is 30.2 Å². The highest BCUT2D eigenvalue weighted by molar-refractivity contribution is 6.31. The molecule has 7 heteroatoms. The normalized spacial score (nSPS) is 22.1. The van der Waals surface area contributed by atoms with Gasteiger partial charge in [0.15, 0.2) is 0 Å². The summed E-state index contributed by atoms with van der Waals surface area (Å²) in [7, 11) is 0. The fraction of sp³-hybridized carbons (Fsp3) is 0.435. The largest absolute Gasteiger partial charge is 0.489 e. The molecule has 2 atom stereocenters. The standard InChI is InChI=1S/C23H24ClF2NO3/c1-13-2-7-17(12-27(13)11-15-5-6-16(25)8-20(15)24)30-22-10-21(26)19(23(28)29)9-18(22)14-3-4-14/h5-6,8-10,13-14,17H,2-4,7,11-12H2,1H3,(H,28,29)/t13-,17-/m1/s1. The van der Waals surface area contributed by atoms with Crippen molar-refractivity contribution in [1.29, 1.82) is 0 Å². The number of aromatic carboxylic acids is 1. The van der Waals surface area contributed by atoms with Gasteiger partial charge in [0.25, 0.3) is 0 Å². The topological polar surface area (TPSA) is 49.8 Å². The van der Waals surface area contributed by atoms with E-state index in [2.05, 4.69) is 11.8 Å². The van der Waals surface area contributed by atoms with Crippen molar-refractivity contribution in [2.45, 2.75) is 57.2 Å². The number of hydrogen-bond donors (Lipinski definition) is 1. The third-order valence-corrected chi connectivity index (χ3v) is 6.35. The fourth-order valence-corrected chi connectivity index (χ4v) is 4.29. The average molecular weight is 436 g/mol. The molecule has 1 aliphatic heterocycles. The quantitative estimate of drug-likeness (QED) is 0.639. The molecule has 0 aromatic heterocycles. The second-order valence-corrected chi connectivity index (χ2v) is 8.69. The number of ether oxygens (including phenoxy) is 1. The Balaban J connectivity index is 1.51. The number of rotatable bonds is 6. The first-order valence-electron chi connectivity index (χ1n) is 10.2. The van der Waals surface area contributed by atoms with Crippen LogP contribution in [0.25, 0.3) is 0 Å². The number of likely N-dealkylation sites (tertiary alicyclic amines) is 1. The molecule has 0 amide bonds. The van der Waals surface area contributed by atoms with Crippen molar-refractivity contribution in [3.05, 3.63) is 63.7 Å². The monoisotopic (exact) mass is 435 g/mol. The van der Waals surface area contributed by atoms with Gasteiger partial charge in [-0.25, -0.2) is 13.6 Å². The maximum Gasteiger partial charge on any atom is 0.338 e. The van der Waals surface area contributed by atoms with E-state index in [1.165, 1.54) is 24.3 Å². The number of benzene rings is 2. The highest BCUT2D eigenvalue weighted by atomic mass is 35.5. The minimum Gasteiger partial charge on any atom is -0.489 e. The van der Waals surface area contributed by atoms with Gasteiger partial charge < -0.3 is 9.84 Å². The van der Waals surface area contributed by atoms with Gasteiger partial charge in [0.05, 0.1) is 5.56 Å². The Bertz CT molecular complexity index is 964. The third kappa shape index (κ3) is 4.60. The zero-order valence-electron chi connectivity index (χ0n) is 16.7. The lowest BCUT2D eigenvalue weighted by Gasteiger charge is -2.38. The zero-order valence-corrected chi connectivity index (χ0v) is 17.5. The second kappa shape index (κ2) is 8.52. The van der Waals surface area contributed by atoms with Crippen LogP contribution >= 0.6 is 11.6 Å². The molecule has 2 fully saturated rings. The highest BCUT2D eigenvalue weighted by Gasteiger charge is 2.32. The third-order valence-electron chi connectivity index (χ3n) is 6.00. The van der Waals surface area contributed by atoms with Crippen LogP contribution in [0.4, 0.5) is 8.78 Å². The lowest BCUT2D eigenvalue weighted by molar-refractivity contribution is 0.0502. The first-order valence-corrected chi connectivity index (χ1v) is 10.6. The summed E-state index contributed by atoms with van der Waals surface area (Å²) in [5.41, 5.74) is 1.32. The Morgan fingerprint density at radius 3 is 2.63 bits per heavy atom. The molecule has 1 heterocycles. The van der Waals surface area contributed by atoms with E-state index in [0.717, 1.165) is 36.8 Å². The van der Waals surface area contributed by atoms with Crippen molar-refractivity contribution in [1.82, 2.24) is 4.90 Å². The molecular weight excluding hydrogens is 412 g/mol. The van der Waals surface area contributed by atoms with Crippen LogP contribution in [0.1, 0.15) is 60.0 Å². The number of carboxylic acid groups (broad SMARTS) is 1. The van der Waals surface area contributed by atoms with Crippen LogP contribution < -0.4 is 4.74 Å². The number of carboxylic acids is 1. The van der Waals surface area contributed by atoms with E-state index >= 15 is 0 Å². The Kier molecular flexibility index (Phi) is 5.98. The van der Waals surface area contributed by atoms with E-state index in [1.807, 2.05) is 0 Å². The van der Waals surface area contributed by atoms with Gasteiger partial charge in [0.2, 0.25) is 0 Å². The molecule has 2 aromatic carbocycles. The minimum atomic E-state index is -1.27. The Labute approximate surface area is 179 Å². The first kappa shape index (κ1) is 21.1. The summed E-state index contributed by atoms with van der Waals surface area (Å²) in [6, 6.07) is 7.36. The fourth-order valence-electron chi connectivity index (χ4n) is 4.06. The highest BCUT2D eigenvalue weighted by Crippen LogP contribution is 2.45. The molecule has 1 saturated carbocycles. The van der Waals surface area contributed by atoms with Gasteiger partial charge >= 0.3 is 5.97 Å². The van der Waals surface area contributed by atoms with Gasteiger partial charge in [-0.15, -0.1) is 0 Å². The van der Waals surface area contributed by atoms with Crippen molar-refractivity contribution >= 4 is 17.6 Å². The smallest absolute Gasteiger partial charge is 0.338 e. The number of hydrogen-bond acceptors (Lipinski definition) is 3. The zero-order chi connectivity index (χ0) is 21.4. The van der Waals surface area contributed by atoms with Crippen LogP contribution in [-0.2, 0) is 6.54 Å². The summed E-state index contributed by atoms with van der Waals surface area (Å²) in [6.07, 6.45) is 3.49. The van der Waals surface area contributed by atoms with Crippen LogP contribution in [0, 0.1) is 11.6 Å². The predicted octanol–water partition coefficient (Wildman–Crippen LogP) is 5.63. The van der Waals surface area contributed by atoms with Crippen molar-refractivity contribution in [2.24, 2.45) is 0 Å². The molecule has 2 aliphatic rings. The predicted molar refractivity (Wildman–Crippen MR) is 110 cm³/mol.